The van der Waals surface area contributed by atoms with Crippen LogP contribution in [0.3, 0.4) is 0 Å². The average molecular weight is 351 g/mol. The molecule has 0 aliphatic carbocycles. The van der Waals surface area contributed by atoms with E-state index in [1.165, 1.54) is 34.1 Å². The lowest BCUT2D eigenvalue weighted by atomic mass is 9.92. The van der Waals surface area contributed by atoms with Crippen LogP contribution in [0.25, 0.3) is 10.2 Å². The van der Waals surface area contributed by atoms with Crippen LogP contribution in [0.4, 0.5) is 0 Å². The zero-order valence-electron chi connectivity index (χ0n) is 13.6. The highest BCUT2D eigenvalue weighted by Gasteiger charge is 2.25. The predicted octanol–water partition coefficient (Wildman–Crippen LogP) is 2.59. The van der Waals surface area contributed by atoms with Crippen molar-refractivity contribution in [2.24, 2.45) is 18.9 Å². The van der Waals surface area contributed by atoms with Gasteiger partial charge in [-0.3, -0.25) is 14.2 Å². The van der Waals surface area contributed by atoms with E-state index in [0.29, 0.717) is 28.1 Å². The van der Waals surface area contributed by atoms with Crippen LogP contribution in [0.1, 0.15) is 20.3 Å². The van der Waals surface area contributed by atoms with Gasteiger partial charge in [0, 0.05) is 20.1 Å². The third kappa shape index (κ3) is 3.45. The van der Waals surface area contributed by atoms with Gasteiger partial charge in [0.15, 0.2) is 5.16 Å². The van der Waals surface area contributed by atoms with Gasteiger partial charge in [-0.25, -0.2) is 4.98 Å². The van der Waals surface area contributed by atoms with E-state index in [4.69, 9.17) is 0 Å². The van der Waals surface area contributed by atoms with E-state index in [9.17, 15) is 9.59 Å². The van der Waals surface area contributed by atoms with Gasteiger partial charge in [0.1, 0.15) is 4.83 Å². The number of aromatic nitrogens is 2. The van der Waals surface area contributed by atoms with Gasteiger partial charge >= 0.3 is 0 Å². The molecule has 23 heavy (non-hydrogen) atoms. The average Bonchev–Trinajstić information content (AvgIpc) is 2.96. The van der Waals surface area contributed by atoms with Crippen molar-refractivity contribution in [3.63, 3.8) is 0 Å². The number of thioether (sulfide) groups is 1. The minimum atomic E-state index is -0.0496. The van der Waals surface area contributed by atoms with Crippen LogP contribution in [-0.4, -0.2) is 39.2 Å². The molecule has 2 aromatic heterocycles. The molecule has 1 aliphatic heterocycles. The fourth-order valence-corrected chi connectivity index (χ4v) is 4.87. The Morgan fingerprint density at radius 1 is 1.39 bits per heavy atom. The molecular weight excluding hydrogens is 330 g/mol. The summed E-state index contributed by atoms with van der Waals surface area (Å²) in [6.07, 6.45) is 1.18. The second-order valence-electron chi connectivity index (χ2n) is 6.43. The maximum Gasteiger partial charge on any atom is 0.262 e. The van der Waals surface area contributed by atoms with E-state index in [0.717, 1.165) is 17.9 Å². The topological polar surface area (TPSA) is 55.2 Å². The molecule has 1 saturated heterocycles. The number of thiophene rings is 1. The summed E-state index contributed by atoms with van der Waals surface area (Å²) in [6.45, 7) is 6.05. The standard InChI is InChI=1S/C16H21N3O2S2/c1-10-6-11(2)8-19(7-10)13(20)9-23-16-17-14-12(4-5-22-14)15(21)18(16)3/h4-5,10-11H,6-9H2,1-3H3/t10-,11-/m0/s1. The van der Waals surface area contributed by atoms with E-state index in [1.807, 2.05) is 10.3 Å². The molecule has 3 rings (SSSR count). The molecule has 1 amide bonds. The molecule has 1 aliphatic rings. The summed E-state index contributed by atoms with van der Waals surface area (Å²) in [4.78, 5) is 31.9. The summed E-state index contributed by atoms with van der Waals surface area (Å²) in [5.41, 5.74) is -0.0496. The predicted molar refractivity (Wildman–Crippen MR) is 95.1 cm³/mol. The van der Waals surface area contributed by atoms with Crippen LogP contribution in [-0.2, 0) is 11.8 Å². The SMILES string of the molecule is C[C@H]1C[C@H](C)CN(C(=O)CSc2nc3sccc3c(=O)n2C)C1. The summed E-state index contributed by atoms with van der Waals surface area (Å²) < 4.78 is 1.54. The van der Waals surface area contributed by atoms with Crippen LogP contribution >= 0.6 is 23.1 Å². The van der Waals surface area contributed by atoms with Gasteiger partial charge in [-0.05, 0) is 29.7 Å². The van der Waals surface area contributed by atoms with Crippen molar-refractivity contribution in [2.75, 3.05) is 18.8 Å². The highest BCUT2D eigenvalue weighted by Crippen LogP contribution is 2.24. The van der Waals surface area contributed by atoms with E-state index in [1.54, 1.807) is 13.1 Å². The lowest BCUT2D eigenvalue weighted by Crippen LogP contribution is -2.43. The second-order valence-corrected chi connectivity index (χ2v) is 8.27. The maximum atomic E-state index is 12.5. The zero-order chi connectivity index (χ0) is 16.6. The molecule has 0 spiro atoms. The van der Waals surface area contributed by atoms with E-state index in [2.05, 4.69) is 18.8 Å². The third-order valence-electron chi connectivity index (χ3n) is 4.21. The molecule has 2 atom stereocenters. The molecule has 0 radical (unpaired) electrons. The van der Waals surface area contributed by atoms with Gasteiger partial charge in [-0.2, -0.15) is 0 Å². The normalized spacial score (nSPS) is 21.8. The lowest BCUT2D eigenvalue weighted by Gasteiger charge is -2.35. The quantitative estimate of drug-likeness (QED) is 0.630. The Hall–Kier alpha value is -1.34. The number of rotatable bonds is 3. The van der Waals surface area contributed by atoms with Gasteiger partial charge < -0.3 is 4.90 Å². The third-order valence-corrected chi connectivity index (χ3v) is 6.03. The van der Waals surface area contributed by atoms with E-state index >= 15 is 0 Å². The van der Waals surface area contributed by atoms with Crippen molar-refractivity contribution in [1.82, 2.24) is 14.5 Å². The lowest BCUT2D eigenvalue weighted by molar-refractivity contribution is -0.130. The molecule has 5 nitrogen and oxygen atoms in total. The summed E-state index contributed by atoms with van der Waals surface area (Å²) in [7, 11) is 1.71. The minimum absolute atomic E-state index is 0.0496. The molecular formula is C16H21N3O2S2. The van der Waals surface area contributed by atoms with Crippen LogP contribution < -0.4 is 5.56 Å². The van der Waals surface area contributed by atoms with Gasteiger partial charge in [-0.15, -0.1) is 11.3 Å². The molecule has 0 unspecified atom stereocenters. The zero-order valence-corrected chi connectivity index (χ0v) is 15.2. The fourth-order valence-electron chi connectivity index (χ4n) is 3.19. The maximum absolute atomic E-state index is 12.5. The number of hydrogen-bond acceptors (Lipinski definition) is 5. The molecule has 0 bridgehead atoms. The van der Waals surface area contributed by atoms with Crippen molar-refractivity contribution in [1.29, 1.82) is 0 Å². The van der Waals surface area contributed by atoms with Gasteiger partial charge in [-0.1, -0.05) is 25.6 Å². The smallest absolute Gasteiger partial charge is 0.262 e. The number of carbonyl (C=O) groups excluding carboxylic acids is 1. The second kappa shape index (κ2) is 6.65. The molecule has 0 N–H and O–H groups in total. The van der Waals surface area contributed by atoms with Crippen molar-refractivity contribution >= 4 is 39.2 Å². The molecule has 0 saturated carbocycles. The number of amides is 1. The van der Waals surface area contributed by atoms with Crippen molar-refractivity contribution in [3.8, 4) is 0 Å². The van der Waals surface area contributed by atoms with Gasteiger partial charge in [0.25, 0.3) is 5.56 Å². The first kappa shape index (κ1) is 16.5. The highest BCUT2D eigenvalue weighted by molar-refractivity contribution is 7.99. The van der Waals surface area contributed by atoms with Crippen molar-refractivity contribution in [2.45, 2.75) is 25.4 Å². The summed E-state index contributed by atoms with van der Waals surface area (Å²) in [5.74, 6) is 1.57. The Balaban J connectivity index is 1.72. The molecule has 1 fully saturated rings. The first-order valence-corrected chi connectivity index (χ1v) is 9.67. The number of nitrogens with zero attached hydrogens (tertiary/aromatic N) is 3. The molecule has 3 heterocycles. The molecule has 124 valence electrons. The van der Waals surface area contributed by atoms with Crippen LogP contribution in [0.2, 0.25) is 0 Å². The van der Waals surface area contributed by atoms with Crippen LogP contribution in [0.15, 0.2) is 21.4 Å². The van der Waals surface area contributed by atoms with Crippen LogP contribution in [0, 0.1) is 11.8 Å². The summed E-state index contributed by atoms with van der Waals surface area (Å²) >= 11 is 2.81. The number of hydrogen-bond donors (Lipinski definition) is 0. The van der Waals surface area contributed by atoms with Crippen molar-refractivity contribution < 1.29 is 4.79 Å². The summed E-state index contributed by atoms with van der Waals surface area (Å²) in [5, 5.41) is 3.12. The summed E-state index contributed by atoms with van der Waals surface area (Å²) in [6, 6.07) is 1.80. The van der Waals surface area contributed by atoms with Crippen molar-refractivity contribution in [3.05, 3.63) is 21.8 Å². The van der Waals surface area contributed by atoms with Crippen LogP contribution in [0.5, 0.6) is 0 Å². The fraction of sp³-hybridized carbons (Fsp3) is 0.562. The first-order valence-electron chi connectivity index (χ1n) is 7.80. The Morgan fingerprint density at radius 3 is 2.78 bits per heavy atom. The van der Waals surface area contributed by atoms with E-state index in [-0.39, 0.29) is 11.5 Å². The molecule has 7 heteroatoms. The Kier molecular flexibility index (Phi) is 4.77. The first-order chi connectivity index (χ1) is 11.0. The number of likely N-dealkylation sites (tertiary alicyclic amines) is 1. The largest absolute Gasteiger partial charge is 0.341 e. The Morgan fingerprint density at radius 2 is 2.09 bits per heavy atom. The monoisotopic (exact) mass is 351 g/mol. The molecule has 2 aromatic rings. The van der Waals surface area contributed by atoms with E-state index < -0.39 is 0 Å². The number of fused-ring (bicyclic) bond motifs is 1. The van der Waals surface area contributed by atoms with Gasteiger partial charge in [0.2, 0.25) is 5.91 Å². The highest BCUT2D eigenvalue weighted by atomic mass is 32.2. The number of carbonyl (C=O) groups is 1. The Labute approximate surface area is 143 Å². The number of piperidine rings is 1. The van der Waals surface area contributed by atoms with Gasteiger partial charge in [0.05, 0.1) is 11.1 Å². The Bertz CT molecular complexity index is 773. The molecule has 0 aromatic carbocycles. The minimum Gasteiger partial charge on any atom is -0.341 e.